The predicted octanol–water partition coefficient (Wildman–Crippen LogP) is 0.557. The van der Waals surface area contributed by atoms with Crippen molar-refractivity contribution in [2.75, 3.05) is 5.73 Å². The van der Waals surface area contributed by atoms with Crippen LogP contribution in [0.15, 0.2) is 18.2 Å². The highest BCUT2D eigenvalue weighted by Gasteiger charge is 2.32. The lowest BCUT2D eigenvalue weighted by molar-refractivity contribution is -0.137. The SMILES string of the molecule is NC(=O)CC(O)C(O)c1ccc(C(F)(F)F)cc1N. The first-order valence-corrected chi connectivity index (χ1v) is 5.24. The van der Waals surface area contributed by atoms with Crippen molar-refractivity contribution in [3.8, 4) is 0 Å². The molecule has 1 aromatic rings. The number of rotatable bonds is 4. The van der Waals surface area contributed by atoms with Crippen molar-refractivity contribution in [3.63, 3.8) is 0 Å². The van der Waals surface area contributed by atoms with E-state index in [9.17, 15) is 28.2 Å². The van der Waals surface area contributed by atoms with Crippen LogP contribution in [0.5, 0.6) is 0 Å². The molecule has 6 N–H and O–H groups in total. The van der Waals surface area contributed by atoms with Crippen molar-refractivity contribution in [3.05, 3.63) is 29.3 Å². The summed E-state index contributed by atoms with van der Waals surface area (Å²) in [4.78, 5) is 10.6. The molecule has 1 aromatic carbocycles. The normalized spacial score (nSPS) is 15.0. The molecule has 106 valence electrons. The quantitative estimate of drug-likeness (QED) is 0.603. The van der Waals surface area contributed by atoms with Crippen molar-refractivity contribution in [2.45, 2.75) is 24.8 Å². The maximum absolute atomic E-state index is 12.4. The largest absolute Gasteiger partial charge is 0.416 e. The Labute approximate surface area is 106 Å². The average molecular weight is 278 g/mol. The fraction of sp³-hybridized carbons (Fsp3) is 0.364. The summed E-state index contributed by atoms with van der Waals surface area (Å²) in [6, 6.07) is 2.33. The van der Waals surface area contributed by atoms with E-state index < -0.39 is 36.3 Å². The number of nitrogens with two attached hydrogens (primary N) is 2. The first-order chi connectivity index (χ1) is 8.62. The number of benzene rings is 1. The second kappa shape index (κ2) is 5.45. The molecule has 5 nitrogen and oxygen atoms in total. The Bertz CT molecular complexity index is 477. The number of alkyl halides is 3. The van der Waals surface area contributed by atoms with Crippen LogP contribution in [0, 0.1) is 0 Å². The van der Waals surface area contributed by atoms with Gasteiger partial charge in [-0.25, -0.2) is 0 Å². The van der Waals surface area contributed by atoms with Gasteiger partial charge in [0.25, 0.3) is 0 Å². The molecule has 0 aliphatic carbocycles. The number of halogens is 3. The molecule has 1 amide bonds. The zero-order valence-electron chi connectivity index (χ0n) is 9.69. The van der Waals surface area contributed by atoms with Gasteiger partial charge in [-0.05, 0) is 12.1 Å². The van der Waals surface area contributed by atoms with E-state index in [4.69, 9.17) is 11.5 Å². The van der Waals surface area contributed by atoms with Crippen molar-refractivity contribution >= 4 is 11.6 Å². The van der Waals surface area contributed by atoms with E-state index in [1.165, 1.54) is 0 Å². The minimum Gasteiger partial charge on any atom is -0.398 e. The van der Waals surface area contributed by atoms with Gasteiger partial charge in [0.1, 0.15) is 6.10 Å². The van der Waals surface area contributed by atoms with Gasteiger partial charge in [-0.15, -0.1) is 0 Å². The van der Waals surface area contributed by atoms with E-state index in [2.05, 4.69) is 0 Å². The lowest BCUT2D eigenvalue weighted by Crippen LogP contribution is -2.26. The van der Waals surface area contributed by atoms with E-state index in [-0.39, 0.29) is 11.3 Å². The van der Waals surface area contributed by atoms with Gasteiger partial charge in [0.15, 0.2) is 0 Å². The summed E-state index contributed by atoms with van der Waals surface area (Å²) in [6.07, 6.45) is -8.20. The van der Waals surface area contributed by atoms with Crippen molar-refractivity contribution in [1.29, 1.82) is 0 Å². The molecule has 2 atom stereocenters. The van der Waals surface area contributed by atoms with Gasteiger partial charge in [0.05, 0.1) is 18.1 Å². The molecule has 19 heavy (non-hydrogen) atoms. The van der Waals surface area contributed by atoms with Crippen molar-refractivity contribution in [1.82, 2.24) is 0 Å². The highest BCUT2D eigenvalue weighted by molar-refractivity contribution is 5.74. The number of aliphatic hydroxyl groups is 2. The minimum absolute atomic E-state index is 0.0956. The predicted molar refractivity (Wildman–Crippen MR) is 60.6 cm³/mol. The van der Waals surface area contributed by atoms with Crippen molar-refractivity contribution in [2.24, 2.45) is 5.73 Å². The summed E-state index contributed by atoms with van der Waals surface area (Å²) in [5.41, 5.74) is 8.85. The number of hydrogen-bond acceptors (Lipinski definition) is 4. The maximum Gasteiger partial charge on any atom is 0.416 e. The van der Waals surface area contributed by atoms with Crippen LogP contribution in [0.25, 0.3) is 0 Å². The number of aliphatic hydroxyl groups excluding tert-OH is 2. The van der Waals surface area contributed by atoms with Crippen LogP contribution < -0.4 is 11.5 Å². The zero-order chi connectivity index (χ0) is 14.8. The molecular formula is C11H13F3N2O3. The second-order valence-electron chi connectivity index (χ2n) is 4.02. The van der Waals surface area contributed by atoms with Crippen LogP contribution in [0.3, 0.4) is 0 Å². The Morgan fingerprint density at radius 3 is 2.32 bits per heavy atom. The molecule has 8 heteroatoms. The number of amides is 1. The van der Waals surface area contributed by atoms with E-state index in [0.717, 1.165) is 12.1 Å². The maximum atomic E-state index is 12.4. The lowest BCUT2D eigenvalue weighted by Gasteiger charge is -2.19. The standard InChI is InChI=1S/C11H13F3N2O3/c12-11(13,14)5-1-2-6(7(15)3-5)10(19)8(17)4-9(16)18/h1-3,8,10,17,19H,4,15H2,(H2,16,18). The summed E-state index contributed by atoms with van der Waals surface area (Å²) in [7, 11) is 0. The van der Waals surface area contributed by atoms with Crippen LogP contribution in [0.4, 0.5) is 18.9 Å². The second-order valence-corrected chi connectivity index (χ2v) is 4.02. The van der Waals surface area contributed by atoms with Crippen LogP contribution in [0.1, 0.15) is 23.7 Å². The molecule has 0 saturated heterocycles. The van der Waals surface area contributed by atoms with Crippen molar-refractivity contribution < 1.29 is 28.2 Å². The molecule has 0 aromatic heterocycles. The van der Waals surface area contributed by atoms with Gasteiger partial charge < -0.3 is 21.7 Å². The first kappa shape index (κ1) is 15.3. The average Bonchev–Trinajstić information content (AvgIpc) is 2.25. The Balaban J connectivity index is 2.99. The summed E-state index contributed by atoms with van der Waals surface area (Å²) >= 11 is 0. The molecule has 1 rings (SSSR count). The van der Waals surface area contributed by atoms with Gasteiger partial charge in [-0.2, -0.15) is 13.2 Å². The summed E-state index contributed by atoms with van der Waals surface area (Å²) in [5, 5.41) is 19.2. The van der Waals surface area contributed by atoms with Gasteiger partial charge >= 0.3 is 6.18 Å². The fourth-order valence-electron chi connectivity index (χ4n) is 1.55. The molecule has 0 aliphatic rings. The fourth-order valence-corrected chi connectivity index (χ4v) is 1.55. The highest BCUT2D eigenvalue weighted by Crippen LogP contribution is 2.33. The van der Waals surface area contributed by atoms with Gasteiger partial charge in [-0.3, -0.25) is 4.79 Å². The Morgan fingerprint density at radius 1 is 1.32 bits per heavy atom. The van der Waals surface area contributed by atoms with E-state index >= 15 is 0 Å². The van der Waals surface area contributed by atoms with Gasteiger partial charge in [0, 0.05) is 11.3 Å². The number of carbonyl (C=O) groups excluding carboxylic acids is 1. The lowest BCUT2D eigenvalue weighted by atomic mass is 9.98. The topological polar surface area (TPSA) is 110 Å². The molecule has 0 saturated carbocycles. The smallest absolute Gasteiger partial charge is 0.398 e. The van der Waals surface area contributed by atoms with Crippen LogP contribution in [0.2, 0.25) is 0 Å². The Hall–Kier alpha value is -1.80. The molecule has 0 fully saturated rings. The third-order valence-corrected chi connectivity index (χ3v) is 2.51. The number of anilines is 1. The number of hydrogen-bond donors (Lipinski definition) is 4. The Kier molecular flexibility index (Phi) is 4.38. The van der Waals surface area contributed by atoms with Gasteiger partial charge in [0.2, 0.25) is 5.91 Å². The number of primary amides is 1. The summed E-state index contributed by atoms with van der Waals surface area (Å²) in [5.74, 6) is -0.850. The molecule has 0 aliphatic heterocycles. The molecular weight excluding hydrogens is 265 g/mol. The molecule has 0 heterocycles. The number of nitrogen functional groups attached to an aromatic ring is 1. The third kappa shape index (κ3) is 3.83. The molecule has 2 unspecified atom stereocenters. The monoisotopic (exact) mass is 278 g/mol. The van der Waals surface area contributed by atoms with Crippen LogP contribution >= 0.6 is 0 Å². The molecule has 0 bridgehead atoms. The summed E-state index contributed by atoms with van der Waals surface area (Å²) in [6.45, 7) is 0. The number of carbonyl (C=O) groups is 1. The Morgan fingerprint density at radius 2 is 1.89 bits per heavy atom. The zero-order valence-corrected chi connectivity index (χ0v) is 9.69. The van der Waals surface area contributed by atoms with E-state index in [1.54, 1.807) is 0 Å². The van der Waals surface area contributed by atoms with E-state index in [0.29, 0.717) is 6.07 Å². The van der Waals surface area contributed by atoms with Gasteiger partial charge in [-0.1, -0.05) is 6.07 Å². The van der Waals surface area contributed by atoms with Crippen LogP contribution in [-0.4, -0.2) is 22.2 Å². The summed E-state index contributed by atoms with van der Waals surface area (Å²) < 4.78 is 37.2. The first-order valence-electron chi connectivity index (χ1n) is 5.24. The third-order valence-electron chi connectivity index (χ3n) is 2.51. The van der Waals surface area contributed by atoms with E-state index in [1.807, 2.05) is 0 Å². The molecule has 0 radical (unpaired) electrons. The van der Waals surface area contributed by atoms with Crippen LogP contribution in [-0.2, 0) is 11.0 Å². The highest BCUT2D eigenvalue weighted by atomic mass is 19.4. The molecule has 0 spiro atoms. The minimum atomic E-state index is -4.55.